The Bertz CT molecular complexity index is 1460. The van der Waals surface area contributed by atoms with Crippen molar-refractivity contribution in [2.24, 2.45) is 0 Å². The van der Waals surface area contributed by atoms with Gasteiger partial charge in [0.2, 0.25) is 0 Å². The highest BCUT2D eigenvalue weighted by atomic mass is 32.2. The lowest BCUT2D eigenvalue weighted by Gasteiger charge is -2.37. The lowest BCUT2D eigenvalue weighted by atomic mass is 9.84. The summed E-state index contributed by atoms with van der Waals surface area (Å²) in [4.78, 5) is 13.0. The van der Waals surface area contributed by atoms with E-state index < -0.39 is 4.75 Å². The zero-order valence-electron chi connectivity index (χ0n) is 23.1. The second-order valence-electron chi connectivity index (χ2n) is 10.4. The van der Waals surface area contributed by atoms with Gasteiger partial charge in [-0.05, 0) is 38.9 Å². The Labute approximate surface area is 246 Å². The normalized spacial score (nSPS) is 13.2. The fourth-order valence-electron chi connectivity index (χ4n) is 5.94. The van der Waals surface area contributed by atoms with Crippen LogP contribution in [0.1, 0.15) is 40.7 Å². The Hall–Kier alpha value is -4.28. The number of carbonyl (C=O) groups is 1. The van der Waals surface area contributed by atoms with Gasteiger partial charge in [0, 0.05) is 17.7 Å². The second-order valence-corrected chi connectivity index (χ2v) is 12.1. The maximum atomic E-state index is 13.0. The van der Waals surface area contributed by atoms with E-state index >= 15 is 0 Å². The molecule has 0 unspecified atom stereocenters. The Morgan fingerprint density at radius 3 is 1.56 bits per heavy atom. The van der Waals surface area contributed by atoms with Crippen molar-refractivity contribution in [1.29, 1.82) is 0 Å². The van der Waals surface area contributed by atoms with Gasteiger partial charge in [0.25, 0.3) is 0 Å². The summed E-state index contributed by atoms with van der Waals surface area (Å²) in [5.74, 6) is 0.0434. The minimum Gasteiger partial charge on any atom is -0.449 e. The molecule has 4 heteroatoms. The number of alkyl carbamates (subject to hydrolysis) is 1. The van der Waals surface area contributed by atoms with Crippen molar-refractivity contribution in [3.8, 4) is 11.1 Å². The van der Waals surface area contributed by atoms with Crippen LogP contribution in [-0.2, 0) is 9.48 Å². The number of amides is 1. The smallest absolute Gasteiger partial charge is 0.407 e. The van der Waals surface area contributed by atoms with E-state index in [0.29, 0.717) is 13.2 Å². The van der Waals surface area contributed by atoms with Crippen LogP contribution in [-0.4, -0.2) is 24.5 Å². The molecule has 5 aromatic carbocycles. The number of carbonyl (C=O) groups excluding carboxylic acids is 1. The third-order valence-electron chi connectivity index (χ3n) is 7.80. The van der Waals surface area contributed by atoms with E-state index in [9.17, 15) is 4.79 Å². The van der Waals surface area contributed by atoms with Gasteiger partial charge in [0.15, 0.2) is 0 Å². The zero-order chi connectivity index (χ0) is 28.1. The molecule has 0 fully saturated rings. The third kappa shape index (κ3) is 5.40. The van der Waals surface area contributed by atoms with E-state index in [1.54, 1.807) is 0 Å². The quantitative estimate of drug-likeness (QED) is 0.185. The number of benzene rings is 5. The maximum Gasteiger partial charge on any atom is 0.407 e. The zero-order valence-corrected chi connectivity index (χ0v) is 23.9. The standard InChI is InChI=1S/C37H33NO2S/c1-27(25-38-36(39)40-26-35-33-23-13-11-21-31(33)32-22-12-14-24-34(32)35)41-37(28-15-5-2-6-16-28,29-17-7-3-8-18-29)30-19-9-4-10-20-30/h2-24,27,35H,25-26H2,1H3,(H,38,39)/t27-/m0/s1. The molecule has 3 nitrogen and oxygen atoms in total. The summed E-state index contributed by atoms with van der Waals surface area (Å²) in [5, 5.41) is 3.14. The fourth-order valence-corrected chi connectivity index (χ4v) is 7.53. The molecule has 1 aliphatic carbocycles. The summed E-state index contributed by atoms with van der Waals surface area (Å²) in [5.41, 5.74) is 8.48. The predicted octanol–water partition coefficient (Wildman–Crippen LogP) is 8.64. The first-order valence-electron chi connectivity index (χ1n) is 14.1. The minimum absolute atomic E-state index is 0.0434. The molecule has 0 aromatic heterocycles. The number of fused-ring (bicyclic) bond motifs is 3. The van der Waals surface area contributed by atoms with Crippen LogP contribution >= 0.6 is 11.8 Å². The van der Waals surface area contributed by atoms with Gasteiger partial charge in [-0.3, -0.25) is 0 Å². The van der Waals surface area contributed by atoms with Gasteiger partial charge < -0.3 is 10.1 Å². The molecule has 5 aromatic rings. The van der Waals surface area contributed by atoms with E-state index in [-0.39, 0.29) is 17.3 Å². The van der Waals surface area contributed by atoms with Gasteiger partial charge in [-0.15, -0.1) is 11.8 Å². The van der Waals surface area contributed by atoms with Gasteiger partial charge >= 0.3 is 6.09 Å². The number of nitrogens with one attached hydrogen (secondary N) is 1. The van der Waals surface area contributed by atoms with Crippen molar-refractivity contribution in [3.05, 3.63) is 167 Å². The number of rotatable bonds is 9. The van der Waals surface area contributed by atoms with Crippen LogP contribution in [0.3, 0.4) is 0 Å². The summed E-state index contributed by atoms with van der Waals surface area (Å²) in [6.45, 7) is 2.96. The van der Waals surface area contributed by atoms with Crippen LogP contribution in [0.25, 0.3) is 11.1 Å². The van der Waals surface area contributed by atoms with Crippen LogP contribution < -0.4 is 5.32 Å². The molecule has 0 bridgehead atoms. The highest BCUT2D eigenvalue weighted by molar-refractivity contribution is 8.01. The van der Waals surface area contributed by atoms with Crippen LogP contribution in [0.15, 0.2) is 140 Å². The Morgan fingerprint density at radius 2 is 1.10 bits per heavy atom. The molecule has 1 amide bonds. The maximum absolute atomic E-state index is 13.0. The number of thioether (sulfide) groups is 1. The molecule has 1 atom stereocenters. The van der Waals surface area contributed by atoms with Crippen LogP contribution in [0.2, 0.25) is 0 Å². The van der Waals surface area contributed by atoms with E-state index in [0.717, 1.165) is 0 Å². The molecule has 0 saturated heterocycles. The van der Waals surface area contributed by atoms with Crippen molar-refractivity contribution in [2.75, 3.05) is 13.2 Å². The largest absolute Gasteiger partial charge is 0.449 e. The molecule has 0 saturated carbocycles. The van der Waals surface area contributed by atoms with Crippen molar-refractivity contribution in [1.82, 2.24) is 5.32 Å². The summed E-state index contributed by atoms with van der Waals surface area (Å²) in [7, 11) is 0. The summed E-state index contributed by atoms with van der Waals surface area (Å²) in [6, 6.07) is 48.7. The van der Waals surface area contributed by atoms with Crippen molar-refractivity contribution >= 4 is 17.9 Å². The summed E-state index contributed by atoms with van der Waals surface area (Å²) < 4.78 is 5.38. The molecule has 41 heavy (non-hydrogen) atoms. The molecule has 204 valence electrons. The van der Waals surface area contributed by atoms with Crippen molar-refractivity contribution < 1.29 is 9.53 Å². The second kappa shape index (κ2) is 12.1. The first-order chi connectivity index (χ1) is 20.2. The van der Waals surface area contributed by atoms with Gasteiger partial charge in [0.1, 0.15) is 6.61 Å². The molecule has 0 radical (unpaired) electrons. The Balaban J connectivity index is 1.18. The number of ether oxygens (including phenoxy) is 1. The minimum atomic E-state index is -0.438. The predicted molar refractivity (Wildman–Crippen MR) is 169 cm³/mol. The SMILES string of the molecule is C[C@@H](CNC(=O)OCC1c2ccccc2-c2ccccc21)SC(c1ccccc1)(c1ccccc1)c1ccccc1. The average molecular weight is 556 g/mol. The molecule has 0 heterocycles. The number of hydrogen-bond donors (Lipinski definition) is 1. The van der Waals surface area contributed by atoms with Crippen molar-refractivity contribution in [2.45, 2.75) is 22.8 Å². The average Bonchev–Trinajstić information content (AvgIpc) is 3.36. The lowest BCUT2D eigenvalue weighted by molar-refractivity contribution is 0.143. The lowest BCUT2D eigenvalue weighted by Crippen LogP contribution is -2.34. The van der Waals surface area contributed by atoms with Gasteiger partial charge in [-0.25, -0.2) is 4.79 Å². The van der Waals surface area contributed by atoms with Gasteiger partial charge in [-0.2, -0.15) is 0 Å². The highest BCUT2D eigenvalue weighted by Crippen LogP contribution is 2.50. The van der Waals surface area contributed by atoms with Crippen LogP contribution in [0, 0.1) is 0 Å². The number of hydrogen-bond acceptors (Lipinski definition) is 3. The van der Waals surface area contributed by atoms with E-state index in [4.69, 9.17) is 4.74 Å². The topological polar surface area (TPSA) is 38.3 Å². The Morgan fingerprint density at radius 1 is 0.683 bits per heavy atom. The van der Waals surface area contributed by atoms with Crippen LogP contribution in [0.5, 0.6) is 0 Å². The van der Waals surface area contributed by atoms with Gasteiger partial charge in [-0.1, -0.05) is 146 Å². The molecule has 0 spiro atoms. The molecule has 1 N–H and O–H groups in total. The van der Waals surface area contributed by atoms with Gasteiger partial charge in [0.05, 0.1) is 4.75 Å². The van der Waals surface area contributed by atoms with Crippen molar-refractivity contribution in [3.63, 3.8) is 0 Å². The molecular formula is C37H33NO2S. The summed E-state index contributed by atoms with van der Waals surface area (Å²) >= 11 is 1.85. The van der Waals surface area contributed by atoms with E-state index in [1.807, 2.05) is 11.8 Å². The van der Waals surface area contributed by atoms with E-state index in [2.05, 4.69) is 152 Å². The summed E-state index contributed by atoms with van der Waals surface area (Å²) in [6.07, 6.45) is -0.385. The van der Waals surface area contributed by atoms with E-state index in [1.165, 1.54) is 38.9 Å². The molecule has 0 aliphatic heterocycles. The molecular weight excluding hydrogens is 522 g/mol. The first kappa shape index (κ1) is 26.9. The Kier molecular flexibility index (Phi) is 7.93. The third-order valence-corrected chi connectivity index (χ3v) is 9.43. The monoisotopic (exact) mass is 555 g/mol. The molecule has 1 aliphatic rings. The highest BCUT2D eigenvalue weighted by Gasteiger charge is 2.38. The molecule has 6 rings (SSSR count). The first-order valence-corrected chi connectivity index (χ1v) is 15.0. The van der Waals surface area contributed by atoms with Crippen LogP contribution in [0.4, 0.5) is 4.79 Å². The fraction of sp³-hybridized carbons (Fsp3) is 0.162.